The predicted molar refractivity (Wildman–Crippen MR) is 63.9 cm³/mol. The van der Waals surface area contributed by atoms with Gasteiger partial charge in [-0.25, -0.2) is 4.98 Å². The summed E-state index contributed by atoms with van der Waals surface area (Å²) in [6.45, 7) is 5.84. The Bertz CT molecular complexity index is 422. The van der Waals surface area contributed by atoms with E-state index in [1.54, 1.807) is 17.0 Å². The van der Waals surface area contributed by atoms with Gasteiger partial charge in [0.1, 0.15) is 0 Å². The summed E-state index contributed by atoms with van der Waals surface area (Å²) in [7, 11) is 1.93. The average Bonchev–Trinajstić information content (AvgIpc) is 2.14. The molecule has 0 aromatic carbocycles. The first-order valence-electron chi connectivity index (χ1n) is 5.62. The number of hydrogen-bond donors (Lipinski definition) is 1. The van der Waals surface area contributed by atoms with E-state index < -0.39 is 0 Å². The molecule has 1 aromatic rings. The van der Waals surface area contributed by atoms with Crippen LogP contribution in [0, 0.1) is 0 Å². The van der Waals surface area contributed by atoms with Crippen LogP contribution in [0.3, 0.4) is 0 Å². The van der Waals surface area contributed by atoms with Gasteiger partial charge in [0.15, 0.2) is 5.82 Å². The molecule has 0 radical (unpaired) electrons. The molecule has 2 heterocycles. The summed E-state index contributed by atoms with van der Waals surface area (Å²) in [6, 6.07) is 0.561. The quantitative estimate of drug-likeness (QED) is 0.795. The second-order valence-corrected chi connectivity index (χ2v) is 4.48. The number of hydrogen-bond acceptors (Lipinski definition) is 4. The molecule has 5 nitrogen and oxygen atoms in total. The highest BCUT2D eigenvalue weighted by Gasteiger charge is 2.24. The standard InChI is InChI=1S/C11H18N4O/c1-8(2)15-5-4-13-10(11(15)16)14(3)9-6-12-7-9/h4-5,8-9,12H,6-7H2,1-3H3. The molecule has 1 aliphatic rings. The predicted octanol–water partition coefficient (Wildman–Crippen LogP) is 0.232. The Morgan fingerprint density at radius 2 is 2.25 bits per heavy atom. The molecule has 0 saturated carbocycles. The fourth-order valence-corrected chi connectivity index (χ4v) is 1.78. The van der Waals surface area contributed by atoms with E-state index in [1.807, 2.05) is 25.8 Å². The molecular weight excluding hydrogens is 204 g/mol. The zero-order chi connectivity index (χ0) is 11.7. The third-order valence-electron chi connectivity index (χ3n) is 3.05. The first-order valence-corrected chi connectivity index (χ1v) is 5.62. The summed E-state index contributed by atoms with van der Waals surface area (Å²) in [5.74, 6) is 0.544. The Morgan fingerprint density at radius 3 is 2.75 bits per heavy atom. The number of likely N-dealkylation sites (N-methyl/N-ethyl adjacent to an activating group) is 1. The number of aromatic nitrogens is 2. The van der Waals surface area contributed by atoms with Crippen LogP contribution in [0.15, 0.2) is 17.2 Å². The largest absolute Gasteiger partial charge is 0.350 e. The van der Waals surface area contributed by atoms with Crippen LogP contribution in [-0.2, 0) is 0 Å². The average molecular weight is 222 g/mol. The molecule has 1 aliphatic heterocycles. The van der Waals surface area contributed by atoms with Crippen LogP contribution in [0.25, 0.3) is 0 Å². The van der Waals surface area contributed by atoms with Crippen LogP contribution < -0.4 is 15.8 Å². The third kappa shape index (κ3) is 1.82. The van der Waals surface area contributed by atoms with E-state index in [0.29, 0.717) is 11.9 Å². The monoisotopic (exact) mass is 222 g/mol. The molecule has 0 unspecified atom stereocenters. The Balaban J connectivity index is 2.33. The molecule has 0 aliphatic carbocycles. The summed E-state index contributed by atoms with van der Waals surface area (Å²) < 4.78 is 1.71. The van der Waals surface area contributed by atoms with Crippen LogP contribution in [0.1, 0.15) is 19.9 Å². The molecule has 88 valence electrons. The molecule has 5 heteroatoms. The molecule has 0 amide bonds. The Hall–Kier alpha value is -1.36. The van der Waals surface area contributed by atoms with E-state index in [9.17, 15) is 4.79 Å². The number of nitrogens with zero attached hydrogens (tertiary/aromatic N) is 3. The molecule has 16 heavy (non-hydrogen) atoms. The van der Waals surface area contributed by atoms with Gasteiger partial charge in [0.25, 0.3) is 5.56 Å². The second-order valence-electron chi connectivity index (χ2n) is 4.48. The van der Waals surface area contributed by atoms with Crippen molar-refractivity contribution in [2.24, 2.45) is 0 Å². The summed E-state index contributed by atoms with van der Waals surface area (Å²) in [5, 5.41) is 3.19. The van der Waals surface area contributed by atoms with E-state index in [0.717, 1.165) is 13.1 Å². The normalized spacial score (nSPS) is 16.2. The lowest BCUT2D eigenvalue weighted by Crippen LogP contribution is -2.57. The molecule has 1 saturated heterocycles. The lowest BCUT2D eigenvalue weighted by Gasteiger charge is -2.36. The highest BCUT2D eigenvalue weighted by Crippen LogP contribution is 2.10. The fraction of sp³-hybridized carbons (Fsp3) is 0.636. The Labute approximate surface area is 95.1 Å². The molecule has 2 rings (SSSR count). The van der Waals surface area contributed by atoms with Crippen molar-refractivity contribution in [1.82, 2.24) is 14.9 Å². The maximum Gasteiger partial charge on any atom is 0.293 e. The minimum absolute atomic E-state index is 0.00750. The Morgan fingerprint density at radius 1 is 1.56 bits per heavy atom. The number of nitrogens with one attached hydrogen (secondary N) is 1. The zero-order valence-electron chi connectivity index (χ0n) is 9.97. The van der Waals surface area contributed by atoms with E-state index in [1.165, 1.54) is 0 Å². The molecular formula is C11H18N4O. The van der Waals surface area contributed by atoms with Gasteiger partial charge in [-0.15, -0.1) is 0 Å². The van der Waals surface area contributed by atoms with E-state index in [2.05, 4.69) is 10.3 Å². The van der Waals surface area contributed by atoms with Crippen molar-refractivity contribution in [2.45, 2.75) is 25.9 Å². The third-order valence-corrected chi connectivity index (χ3v) is 3.05. The van der Waals surface area contributed by atoms with Gasteiger partial charge in [0.2, 0.25) is 0 Å². The van der Waals surface area contributed by atoms with Crippen molar-refractivity contribution in [3.05, 3.63) is 22.7 Å². The fourth-order valence-electron chi connectivity index (χ4n) is 1.78. The van der Waals surface area contributed by atoms with Crippen molar-refractivity contribution in [1.29, 1.82) is 0 Å². The maximum absolute atomic E-state index is 12.1. The summed E-state index contributed by atoms with van der Waals surface area (Å²) >= 11 is 0. The van der Waals surface area contributed by atoms with E-state index in [-0.39, 0.29) is 11.6 Å². The van der Waals surface area contributed by atoms with Crippen LogP contribution in [0.5, 0.6) is 0 Å². The first-order chi connectivity index (χ1) is 7.61. The SMILES string of the molecule is CC(C)n1ccnc(N(C)C2CNC2)c1=O. The van der Waals surface area contributed by atoms with Gasteiger partial charge in [-0.05, 0) is 13.8 Å². The van der Waals surface area contributed by atoms with Gasteiger partial charge in [0.05, 0.1) is 6.04 Å². The molecule has 1 aromatic heterocycles. The lowest BCUT2D eigenvalue weighted by atomic mass is 10.1. The number of anilines is 1. The topological polar surface area (TPSA) is 50.2 Å². The van der Waals surface area contributed by atoms with E-state index in [4.69, 9.17) is 0 Å². The van der Waals surface area contributed by atoms with Crippen LogP contribution in [-0.4, -0.2) is 35.7 Å². The molecule has 1 N–H and O–H groups in total. The highest BCUT2D eigenvalue weighted by molar-refractivity contribution is 5.37. The summed E-state index contributed by atoms with van der Waals surface area (Å²) in [4.78, 5) is 18.3. The van der Waals surface area contributed by atoms with Crippen molar-refractivity contribution >= 4 is 5.82 Å². The molecule has 0 spiro atoms. The van der Waals surface area contributed by atoms with Crippen molar-refractivity contribution in [3.63, 3.8) is 0 Å². The summed E-state index contributed by atoms with van der Waals surface area (Å²) in [5.41, 5.74) is -0.00750. The van der Waals surface area contributed by atoms with Gasteiger partial charge in [0, 0.05) is 38.6 Å². The Kier molecular flexibility index (Phi) is 2.96. The van der Waals surface area contributed by atoms with Gasteiger partial charge < -0.3 is 14.8 Å². The van der Waals surface area contributed by atoms with Gasteiger partial charge in [-0.1, -0.05) is 0 Å². The zero-order valence-corrected chi connectivity index (χ0v) is 9.97. The second kappa shape index (κ2) is 4.25. The van der Waals surface area contributed by atoms with Gasteiger partial charge in [-0.2, -0.15) is 0 Å². The minimum Gasteiger partial charge on any atom is -0.350 e. The maximum atomic E-state index is 12.1. The lowest BCUT2D eigenvalue weighted by molar-refractivity contribution is 0.424. The molecule has 1 fully saturated rings. The van der Waals surface area contributed by atoms with Crippen LogP contribution in [0.2, 0.25) is 0 Å². The molecule has 0 atom stereocenters. The number of rotatable bonds is 3. The smallest absolute Gasteiger partial charge is 0.293 e. The summed E-state index contributed by atoms with van der Waals surface area (Å²) in [6.07, 6.45) is 3.43. The first kappa shape index (κ1) is 11.1. The van der Waals surface area contributed by atoms with E-state index >= 15 is 0 Å². The van der Waals surface area contributed by atoms with Crippen LogP contribution >= 0.6 is 0 Å². The van der Waals surface area contributed by atoms with Crippen molar-refractivity contribution < 1.29 is 0 Å². The highest BCUT2D eigenvalue weighted by atomic mass is 16.1. The van der Waals surface area contributed by atoms with Gasteiger partial charge in [-0.3, -0.25) is 4.79 Å². The minimum atomic E-state index is -0.00750. The van der Waals surface area contributed by atoms with Crippen LogP contribution in [0.4, 0.5) is 5.82 Å². The van der Waals surface area contributed by atoms with Crippen molar-refractivity contribution in [2.75, 3.05) is 25.0 Å². The van der Waals surface area contributed by atoms with Gasteiger partial charge >= 0.3 is 0 Å². The molecule has 0 bridgehead atoms. The van der Waals surface area contributed by atoms with Crippen molar-refractivity contribution in [3.8, 4) is 0 Å².